The van der Waals surface area contributed by atoms with Gasteiger partial charge in [0.2, 0.25) is 11.8 Å². The van der Waals surface area contributed by atoms with Crippen LogP contribution in [0.3, 0.4) is 0 Å². The lowest BCUT2D eigenvalue weighted by Crippen LogP contribution is -2.25. The van der Waals surface area contributed by atoms with Gasteiger partial charge in [0.25, 0.3) is 0 Å². The first kappa shape index (κ1) is 17.2. The highest BCUT2D eigenvalue weighted by Gasteiger charge is 2.23. The van der Waals surface area contributed by atoms with E-state index in [4.69, 9.17) is 8.83 Å². The number of hydrogen-bond acceptors (Lipinski definition) is 5. The zero-order chi connectivity index (χ0) is 18.6. The van der Waals surface area contributed by atoms with Gasteiger partial charge in [0.15, 0.2) is 0 Å². The number of nitrogens with one attached hydrogen (secondary N) is 1. The van der Waals surface area contributed by atoms with Gasteiger partial charge in [0.1, 0.15) is 5.76 Å². The van der Waals surface area contributed by atoms with Crippen molar-refractivity contribution in [2.24, 2.45) is 0 Å². The minimum absolute atomic E-state index is 0.106. The average molecular weight is 359 g/mol. The first-order valence-corrected chi connectivity index (χ1v) is 8.95. The molecule has 1 N–H and O–H groups in total. The molecule has 0 saturated carbocycles. The van der Waals surface area contributed by atoms with Gasteiger partial charge in [-0.25, -0.2) is 0 Å². The lowest BCUT2D eigenvalue weighted by atomic mass is 10.0. The van der Waals surface area contributed by atoms with Crippen molar-refractivity contribution >= 4 is 0 Å². The second kappa shape index (κ2) is 7.60. The molecule has 0 bridgehead atoms. The molecule has 2 heterocycles. The van der Waals surface area contributed by atoms with E-state index in [9.17, 15) is 0 Å². The topological polar surface area (TPSA) is 64.1 Å². The maximum atomic E-state index is 5.93. The summed E-state index contributed by atoms with van der Waals surface area (Å²) in [5, 5.41) is 12.0. The summed E-state index contributed by atoms with van der Waals surface area (Å²) in [4.78, 5) is 0. The van der Waals surface area contributed by atoms with Crippen LogP contribution in [0.1, 0.15) is 41.8 Å². The van der Waals surface area contributed by atoms with Gasteiger partial charge in [-0.05, 0) is 43.7 Å². The molecule has 0 fully saturated rings. The molecule has 0 saturated heterocycles. The Morgan fingerprint density at radius 2 is 1.78 bits per heavy atom. The Hall–Kier alpha value is -3.18. The van der Waals surface area contributed by atoms with Crippen molar-refractivity contribution in [1.82, 2.24) is 15.5 Å². The van der Waals surface area contributed by atoms with E-state index in [1.807, 2.05) is 68.4 Å². The number of rotatable bonds is 6. The van der Waals surface area contributed by atoms with Crippen molar-refractivity contribution in [3.63, 3.8) is 0 Å². The van der Waals surface area contributed by atoms with Crippen molar-refractivity contribution in [3.05, 3.63) is 95.8 Å². The van der Waals surface area contributed by atoms with E-state index < -0.39 is 0 Å². The van der Waals surface area contributed by atoms with Crippen LogP contribution >= 0.6 is 0 Å². The molecule has 0 unspecified atom stereocenters. The molecule has 0 aliphatic carbocycles. The van der Waals surface area contributed by atoms with Crippen molar-refractivity contribution < 1.29 is 8.83 Å². The summed E-state index contributed by atoms with van der Waals surface area (Å²) < 4.78 is 11.6. The first-order valence-electron chi connectivity index (χ1n) is 8.95. The molecule has 0 radical (unpaired) electrons. The minimum Gasteiger partial charge on any atom is -0.467 e. The van der Waals surface area contributed by atoms with Gasteiger partial charge in [-0.1, -0.05) is 48.0 Å². The van der Waals surface area contributed by atoms with Crippen LogP contribution in [0.4, 0.5) is 0 Å². The number of hydrogen-bond donors (Lipinski definition) is 1. The maximum absolute atomic E-state index is 5.93. The third-order valence-corrected chi connectivity index (χ3v) is 4.45. The molecule has 27 heavy (non-hydrogen) atoms. The van der Waals surface area contributed by atoms with E-state index >= 15 is 0 Å². The molecular weight excluding hydrogens is 338 g/mol. The second-order valence-electron chi connectivity index (χ2n) is 6.56. The molecule has 0 amide bonds. The summed E-state index contributed by atoms with van der Waals surface area (Å²) >= 11 is 0. The van der Waals surface area contributed by atoms with Gasteiger partial charge in [0, 0.05) is 5.56 Å². The van der Waals surface area contributed by atoms with Gasteiger partial charge in [-0.3, -0.25) is 5.32 Å². The van der Waals surface area contributed by atoms with Crippen molar-refractivity contribution in [1.29, 1.82) is 0 Å². The normalized spacial score (nSPS) is 13.4. The molecular formula is C22H21N3O2. The predicted octanol–water partition coefficient (Wildman–Crippen LogP) is 5.08. The Kier molecular flexibility index (Phi) is 4.85. The van der Waals surface area contributed by atoms with Gasteiger partial charge < -0.3 is 8.83 Å². The fourth-order valence-electron chi connectivity index (χ4n) is 3.07. The average Bonchev–Trinajstić information content (AvgIpc) is 3.39. The summed E-state index contributed by atoms with van der Waals surface area (Å²) in [5.41, 5.74) is 3.18. The number of benzene rings is 2. The van der Waals surface area contributed by atoms with Crippen molar-refractivity contribution in [2.45, 2.75) is 25.9 Å². The van der Waals surface area contributed by atoms with E-state index in [1.165, 1.54) is 0 Å². The Labute approximate surface area is 158 Å². The van der Waals surface area contributed by atoms with Crippen LogP contribution in [0.2, 0.25) is 0 Å². The highest BCUT2D eigenvalue weighted by molar-refractivity contribution is 5.53. The lowest BCUT2D eigenvalue weighted by Gasteiger charge is -2.20. The fraction of sp³-hybridized carbons (Fsp3) is 0.182. The predicted molar refractivity (Wildman–Crippen MR) is 103 cm³/mol. The van der Waals surface area contributed by atoms with Crippen LogP contribution in [0.25, 0.3) is 11.5 Å². The Bertz CT molecular complexity index is 993. The van der Waals surface area contributed by atoms with E-state index in [0.717, 1.165) is 22.5 Å². The largest absolute Gasteiger partial charge is 0.467 e. The molecule has 0 spiro atoms. The molecule has 2 aromatic carbocycles. The molecule has 0 aliphatic rings. The van der Waals surface area contributed by atoms with E-state index in [1.54, 1.807) is 6.26 Å². The van der Waals surface area contributed by atoms with Crippen LogP contribution in [0, 0.1) is 6.92 Å². The molecule has 5 heteroatoms. The molecule has 4 rings (SSSR count). The Morgan fingerprint density at radius 3 is 2.52 bits per heavy atom. The van der Waals surface area contributed by atoms with Gasteiger partial charge in [-0.2, -0.15) is 0 Å². The second-order valence-corrected chi connectivity index (χ2v) is 6.56. The van der Waals surface area contributed by atoms with Gasteiger partial charge in [0.05, 0.1) is 18.3 Å². The summed E-state index contributed by atoms with van der Waals surface area (Å²) in [7, 11) is 0. The van der Waals surface area contributed by atoms with Crippen LogP contribution in [-0.2, 0) is 0 Å². The van der Waals surface area contributed by atoms with Crippen LogP contribution in [-0.4, -0.2) is 10.2 Å². The first-order chi connectivity index (χ1) is 13.2. The molecule has 4 aromatic rings. The lowest BCUT2D eigenvalue weighted by molar-refractivity contribution is 0.372. The highest BCUT2D eigenvalue weighted by atomic mass is 16.4. The van der Waals surface area contributed by atoms with Crippen molar-refractivity contribution in [2.75, 3.05) is 0 Å². The third-order valence-electron chi connectivity index (χ3n) is 4.45. The van der Waals surface area contributed by atoms with Crippen LogP contribution < -0.4 is 5.32 Å². The molecule has 0 aliphatic heterocycles. The number of aryl methyl sites for hydroxylation is 1. The van der Waals surface area contributed by atoms with E-state index in [0.29, 0.717) is 11.8 Å². The zero-order valence-corrected chi connectivity index (χ0v) is 15.3. The molecule has 2 aromatic heterocycles. The molecule has 136 valence electrons. The Balaban J connectivity index is 1.58. The summed E-state index contributed by atoms with van der Waals surface area (Å²) in [6, 6.07) is 21.8. The van der Waals surface area contributed by atoms with E-state index in [-0.39, 0.29) is 12.1 Å². The summed E-state index contributed by atoms with van der Waals surface area (Å²) in [5.74, 6) is 1.90. The number of aromatic nitrogens is 2. The number of furan rings is 1. The standard InChI is InChI=1S/C22H21N3O2/c1-15-8-6-11-18(14-15)22-25-24-21(27-22)16(2)23-20(19-12-7-13-26-19)17-9-4-3-5-10-17/h3-14,16,20,23H,1-2H3/t16-,20+/m0/s1. The van der Waals surface area contributed by atoms with Crippen LogP contribution in [0.15, 0.2) is 81.8 Å². The number of nitrogens with zero attached hydrogens (tertiary/aromatic N) is 2. The molecule has 5 nitrogen and oxygen atoms in total. The Morgan fingerprint density at radius 1 is 0.926 bits per heavy atom. The molecule has 2 atom stereocenters. The smallest absolute Gasteiger partial charge is 0.247 e. The quantitative estimate of drug-likeness (QED) is 0.520. The van der Waals surface area contributed by atoms with Gasteiger partial charge in [-0.15, -0.1) is 10.2 Å². The minimum atomic E-state index is -0.147. The van der Waals surface area contributed by atoms with Crippen LogP contribution in [0.5, 0.6) is 0 Å². The highest BCUT2D eigenvalue weighted by Crippen LogP contribution is 2.27. The van der Waals surface area contributed by atoms with Gasteiger partial charge >= 0.3 is 0 Å². The SMILES string of the molecule is Cc1cccc(-c2nnc([C@H](C)N[C@H](c3ccccc3)c3ccco3)o2)c1. The maximum Gasteiger partial charge on any atom is 0.247 e. The fourth-order valence-corrected chi connectivity index (χ4v) is 3.07. The third kappa shape index (κ3) is 3.83. The summed E-state index contributed by atoms with van der Waals surface area (Å²) in [6.07, 6.45) is 1.68. The monoisotopic (exact) mass is 359 g/mol. The zero-order valence-electron chi connectivity index (χ0n) is 15.3. The van der Waals surface area contributed by atoms with E-state index in [2.05, 4.69) is 27.6 Å². The summed E-state index contributed by atoms with van der Waals surface area (Å²) in [6.45, 7) is 4.05. The van der Waals surface area contributed by atoms with Crippen molar-refractivity contribution in [3.8, 4) is 11.5 Å².